The van der Waals surface area contributed by atoms with Gasteiger partial charge in [0.2, 0.25) is 11.8 Å². The van der Waals surface area contributed by atoms with Gasteiger partial charge in [-0.2, -0.15) is 0 Å². The Balaban J connectivity index is 1.39. The van der Waals surface area contributed by atoms with Crippen molar-refractivity contribution in [3.63, 3.8) is 0 Å². The van der Waals surface area contributed by atoms with Crippen molar-refractivity contribution in [1.29, 1.82) is 0 Å². The Morgan fingerprint density at radius 3 is 2.60 bits per heavy atom. The second-order valence-corrected chi connectivity index (χ2v) is 7.35. The van der Waals surface area contributed by atoms with E-state index in [4.69, 9.17) is 0 Å². The molecule has 2 bridgehead atoms. The minimum atomic E-state index is -0.548. The third-order valence-electron chi connectivity index (χ3n) is 5.90. The van der Waals surface area contributed by atoms with E-state index in [1.54, 1.807) is 4.90 Å². The van der Waals surface area contributed by atoms with Crippen LogP contribution in [0.5, 0.6) is 0 Å². The summed E-state index contributed by atoms with van der Waals surface area (Å²) in [5.41, 5.74) is 2.82. The molecule has 3 amide bonds. The highest BCUT2D eigenvalue weighted by molar-refractivity contribution is 6.05. The lowest BCUT2D eigenvalue weighted by Gasteiger charge is -2.54. The number of carbonyl (C=O) groups is 3. The van der Waals surface area contributed by atoms with Crippen LogP contribution in [0.25, 0.3) is 0 Å². The number of hydrogen-bond donors (Lipinski definition) is 2. The van der Waals surface area contributed by atoms with Crippen LogP contribution in [0.15, 0.2) is 18.2 Å². The zero-order chi connectivity index (χ0) is 17.1. The van der Waals surface area contributed by atoms with E-state index in [-0.39, 0.29) is 24.1 Å². The van der Waals surface area contributed by atoms with Crippen molar-refractivity contribution in [3.05, 3.63) is 29.3 Å². The maximum absolute atomic E-state index is 12.7. The van der Waals surface area contributed by atoms with Crippen LogP contribution < -0.4 is 15.5 Å². The van der Waals surface area contributed by atoms with E-state index < -0.39 is 6.04 Å². The van der Waals surface area contributed by atoms with Crippen LogP contribution in [0.1, 0.15) is 35.2 Å². The largest absolute Gasteiger partial charge is 0.363 e. The molecule has 0 aliphatic carbocycles. The van der Waals surface area contributed by atoms with Gasteiger partial charge in [-0.25, -0.2) is 0 Å². The lowest BCUT2D eigenvalue weighted by Crippen LogP contribution is -2.68. The average Bonchev–Trinajstić information content (AvgIpc) is 2.92. The van der Waals surface area contributed by atoms with Gasteiger partial charge in [-0.3, -0.25) is 19.7 Å². The van der Waals surface area contributed by atoms with Crippen molar-refractivity contribution < 1.29 is 14.4 Å². The van der Waals surface area contributed by atoms with E-state index in [9.17, 15) is 14.4 Å². The monoisotopic (exact) mass is 340 g/mol. The number of carbonyl (C=O) groups excluding carboxylic acids is 3. The van der Waals surface area contributed by atoms with Gasteiger partial charge in [-0.15, -0.1) is 0 Å². The van der Waals surface area contributed by atoms with Gasteiger partial charge < -0.3 is 15.1 Å². The minimum Gasteiger partial charge on any atom is -0.363 e. The maximum atomic E-state index is 12.7. The van der Waals surface area contributed by atoms with Crippen LogP contribution in [0.4, 0.5) is 5.69 Å². The molecule has 3 unspecified atom stereocenters. The van der Waals surface area contributed by atoms with E-state index in [2.05, 4.69) is 21.6 Å². The molecule has 4 aliphatic heterocycles. The highest BCUT2D eigenvalue weighted by atomic mass is 16.2. The predicted molar refractivity (Wildman–Crippen MR) is 90.0 cm³/mol. The number of anilines is 1. The quantitative estimate of drug-likeness (QED) is 0.741. The van der Waals surface area contributed by atoms with Gasteiger partial charge in [0.25, 0.3) is 5.91 Å². The van der Waals surface area contributed by atoms with E-state index in [0.717, 1.165) is 18.7 Å². The first-order chi connectivity index (χ1) is 12.1. The Hall–Kier alpha value is -2.41. The Labute approximate surface area is 145 Å². The van der Waals surface area contributed by atoms with Gasteiger partial charge in [0, 0.05) is 49.4 Å². The highest BCUT2D eigenvalue weighted by Crippen LogP contribution is 2.37. The second-order valence-electron chi connectivity index (χ2n) is 7.35. The molecule has 7 heteroatoms. The molecule has 25 heavy (non-hydrogen) atoms. The van der Waals surface area contributed by atoms with Gasteiger partial charge in [0.1, 0.15) is 6.04 Å². The number of fused-ring (bicyclic) bond motifs is 3. The molecule has 130 valence electrons. The number of nitrogens with zero attached hydrogens (tertiary/aromatic N) is 2. The Morgan fingerprint density at radius 2 is 1.88 bits per heavy atom. The van der Waals surface area contributed by atoms with Crippen molar-refractivity contribution in [2.75, 3.05) is 18.0 Å². The summed E-state index contributed by atoms with van der Waals surface area (Å²) >= 11 is 0. The average molecular weight is 340 g/mol. The summed E-state index contributed by atoms with van der Waals surface area (Å²) in [5.74, 6) is -0.729. The molecule has 1 aromatic rings. The van der Waals surface area contributed by atoms with Crippen LogP contribution in [0.3, 0.4) is 0 Å². The van der Waals surface area contributed by atoms with E-state index in [0.29, 0.717) is 30.6 Å². The van der Waals surface area contributed by atoms with Crippen LogP contribution >= 0.6 is 0 Å². The van der Waals surface area contributed by atoms with Gasteiger partial charge >= 0.3 is 0 Å². The van der Waals surface area contributed by atoms with E-state index in [1.807, 2.05) is 12.1 Å². The highest BCUT2D eigenvalue weighted by Gasteiger charge is 2.43. The SMILES string of the molecule is O=C1CCC(N2Cc3cc(N4C5CNCC4C5)ccc3C2=O)C(=O)N1. The number of hydrogen-bond acceptors (Lipinski definition) is 5. The van der Waals surface area contributed by atoms with Crippen LogP contribution in [-0.4, -0.2) is 53.8 Å². The minimum absolute atomic E-state index is 0.110. The summed E-state index contributed by atoms with van der Waals surface area (Å²) in [5, 5.41) is 5.77. The lowest BCUT2D eigenvalue weighted by atomic mass is 9.87. The molecule has 4 heterocycles. The van der Waals surface area contributed by atoms with Crippen LogP contribution in [0, 0.1) is 0 Å². The van der Waals surface area contributed by atoms with Crippen molar-refractivity contribution >= 4 is 23.4 Å². The number of imide groups is 1. The first-order valence-electron chi connectivity index (χ1n) is 8.88. The molecule has 3 fully saturated rings. The summed E-state index contributed by atoms with van der Waals surface area (Å²) in [7, 11) is 0. The normalized spacial score (nSPS) is 30.9. The molecule has 1 aromatic carbocycles. The van der Waals surface area contributed by atoms with Crippen molar-refractivity contribution in [2.24, 2.45) is 0 Å². The fourth-order valence-electron chi connectivity index (χ4n) is 4.62. The third-order valence-corrected chi connectivity index (χ3v) is 5.90. The van der Waals surface area contributed by atoms with Crippen LogP contribution in [0.2, 0.25) is 0 Å². The molecule has 3 atom stereocenters. The molecular weight excluding hydrogens is 320 g/mol. The number of benzene rings is 1. The zero-order valence-electron chi connectivity index (χ0n) is 13.8. The predicted octanol–water partition coefficient (Wildman–Crippen LogP) is -0.00190. The number of piperazine rings is 1. The van der Waals surface area contributed by atoms with Gasteiger partial charge in [-0.1, -0.05) is 0 Å². The van der Waals surface area contributed by atoms with Crippen molar-refractivity contribution in [2.45, 2.75) is 43.9 Å². The second kappa shape index (κ2) is 5.29. The summed E-state index contributed by atoms with van der Waals surface area (Å²) in [4.78, 5) is 40.2. The molecule has 7 nitrogen and oxygen atoms in total. The number of nitrogens with one attached hydrogen (secondary N) is 2. The zero-order valence-corrected chi connectivity index (χ0v) is 13.8. The lowest BCUT2D eigenvalue weighted by molar-refractivity contribution is -0.136. The van der Waals surface area contributed by atoms with E-state index in [1.165, 1.54) is 12.1 Å². The van der Waals surface area contributed by atoms with Crippen molar-refractivity contribution in [3.8, 4) is 0 Å². The van der Waals surface area contributed by atoms with E-state index >= 15 is 0 Å². The molecule has 0 spiro atoms. The maximum Gasteiger partial charge on any atom is 0.255 e. The third kappa shape index (κ3) is 2.18. The first-order valence-corrected chi connectivity index (χ1v) is 8.88. The van der Waals surface area contributed by atoms with Crippen molar-refractivity contribution in [1.82, 2.24) is 15.5 Å². The number of amides is 3. The van der Waals surface area contributed by atoms with Gasteiger partial charge in [0.15, 0.2) is 0 Å². The first kappa shape index (κ1) is 14.9. The molecule has 2 N–H and O–H groups in total. The number of rotatable bonds is 2. The summed E-state index contributed by atoms with van der Waals surface area (Å²) in [6, 6.07) is 6.55. The summed E-state index contributed by atoms with van der Waals surface area (Å²) < 4.78 is 0. The molecular formula is C18H20N4O3. The molecule has 0 aromatic heterocycles. The van der Waals surface area contributed by atoms with Crippen LogP contribution in [-0.2, 0) is 16.1 Å². The van der Waals surface area contributed by atoms with Gasteiger partial charge in [-0.05, 0) is 36.6 Å². The topological polar surface area (TPSA) is 81.8 Å². The summed E-state index contributed by atoms with van der Waals surface area (Å²) in [6.07, 6.45) is 1.91. The standard InChI is InChI=1S/C18H20N4O3/c23-16-4-3-15(17(24)20-16)21-9-10-5-11(1-2-14(10)18(21)25)22-12-6-13(22)8-19-7-12/h1-2,5,12-13,15,19H,3-4,6-9H2,(H,20,23,24). The molecule has 4 aliphatic rings. The molecule has 0 saturated carbocycles. The Morgan fingerprint density at radius 1 is 1.08 bits per heavy atom. The molecule has 3 saturated heterocycles. The number of piperidine rings is 2. The Kier molecular flexibility index (Phi) is 3.15. The smallest absolute Gasteiger partial charge is 0.255 e. The summed E-state index contributed by atoms with van der Waals surface area (Å²) in [6.45, 7) is 2.46. The Bertz CT molecular complexity index is 779. The molecule has 5 rings (SSSR count). The van der Waals surface area contributed by atoms with Gasteiger partial charge in [0.05, 0.1) is 0 Å². The molecule has 0 radical (unpaired) electrons. The fourth-order valence-corrected chi connectivity index (χ4v) is 4.62. The fraction of sp³-hybridized carbons (Fsp3) is 0.500.